The second-order valence-electron chi connectivity index (χ2n) is 3.31. The number of oxime groups is 1. The molecule has 0 bridgehead atoms. The molecule has 1 heterocycles. The minimum Gasteiger partial charge on any atom is -0.456 e. The lowest BCUT2D eigenvalue weighted by molar-refractivity contribution is 0.338. The van der Waals surface area contributed by atoms with E-state index in [1.54, 1.807) is 23.7 Å². The Hall–Kier alpha value is -0.683. The fraction of sp³-hybridized carbons (Fsp3) is 0.429. The summed E-state index contributed by atoms with van der Waals surface area (Å²) in [6.07, 6.45) is 3.41. The van der Waals surface area contributed by atoms with Gasteiger partial charge in [-0.1, -0.05) is 0 Å². The predicted molar refractivity (Wildman–Crippen MR) is 54.1 cm³/mol. The summed E-state index contributed by atoms with van der Waals surface area (Å²) < 4.78 is 5.28. The average Bonchev–Trinajstić information content (AvgIpc) is 2.36. The fourth-order valence-electron chi connectivity index (χ4n) is 0.528. The molecule has 0 saturated carbocycles. The molecule has 3 nitrogen and oxygen atoms in total. The Morgan fingerprint density at radius 1 is 1.58 bits per heavy atom. The molecule has 0 spiro atoms. The first-order valence-electron chi connectivity index (χ1n) is 3.69. The molecule has 66 valence electrons. The number of nitrogens with zero attached hydrogens (tertiary/aromatic N) is 2. The molecule has 0 aromatic carbocycles. The van der Waals surface area contributed by atoms with Gasteiger partial charge >= 0.3 is 0 Å². The Morgan fingerprint density at radius 2 is 2.33 bits per heavy atom. The topological polar surface area (TPSA) is 34.5 Å². The number of rotatable bonds is 3. The van der Waals surface area contributed by atoms with E-state index in [0.717, 1.165) is 5.01 Å². The van der Waals surface area contributed by atoms with Gasteiger partial charge in [-0.3, -0.25) is 0 Å². The van der Waals surface area contributed by atoms with Gasteiger partial charge in [-0.15, -0.1) is 16.5 Å². The highest BCUT2D eigenvalue weighted by molar-refractivity contribution is 7.11. The SMILES string of the molecule is C[Si](C)(C)ON=Cc1nccs1. The van der Waals surface area contributed by atoms with E-state index in [-0.39, 0.29) is 0 Å². The van der Waals surface area contributed by atoms with Gasteiger partial charge in [0.25, 0.3) is 8.32 Å². The summed E-state index contributed by atoms with van der Waals surface area (Å²) in [7, 11) is -1.51. The summed E-state index contributed by atoms with van der Waals surface area (Å²) in [6.45, 7) is 6.27. The van der Waals surface area contributed by atoms with Crippen LogP contribution in [0.1, 0.15) is 5.01 Å². The minimum absolute atomic E-state index is 0.883. The third-order valence-electron chi connectivity index (χ3n) is 0.941. The molecule has 1 rings (SSSR count). The van der Waals surface area contributed by atoms with Gasteiger partial charge in [0.15, 0.2) is 0 Å². The van der Waals surface area contributed by atoms with Crippen LogP contribution in [0.5, 0.6) is 0 Å². The predicted octanol–water partition coefficient (Wildman–Crippen LogP) is 2.33. The zero-order valence-corrected chi connectivity index (χ0v) is 9.26. The maximum Gasteiger partial charge on any atom is 0.278 e. The molecule has 0 aliphatic rings. The molecular formula is C7H12N2OSSi. The molecule has 5 heteroatoms. The molecule has 0 saturated heterocycles. The van der Waals surface area contributed by atoms with E-state index in [2.05, 4.69) is 29.8 Å². The molecule has 0 amide bonds. The van der Waals surface area contributed by atoms with Gasteiger partial charge in [0.1, 0.15) is 11.2 Å². The second kappa shape index (κ2) is 3.82. The van der Waals surface area contributed by atoms with E-state index >= 15 is 0 Å². The van der Waals surface area contributed by atoms with Gasteiger partial charge in [-0.05, 0) is 19.6 Å². The third kappa shape index (κ3) is 3.63. The molecule has 0 unspecified atom stereocenters. The Balaban J connectivity index is 2.42. The highest BCUT2D eigenvalue weighted by atomic mass is 32.1. The summed E-state index contributed by atoms with van der Waals surface area (Å²) in [4.78, 5) is 4.04. The van der Waals surface area contributed by atoms with Gasteiger partial charge in [0.05, 0.1) is 0 Å². The number of thiazole rings is 1. The van der Waals surface area contributed by atoms with Gasteiger partial charge in [0, 0.05) is 11.6 Å². The van der Waals surface area contributed by atoms with Crippen molar-refractivity contribution in [3.05, 3.63) is 16.6 Å². The number of hydrogen-bond donors (Lipinski definition) is 0. The lowest BCUT2D eigenvalue weighted by Crippen LogP contribution is -2.22. The van der Waals surface area contributed by atoms with Gasteiger partial charge < -0.3 is 4.53 Å². The van der Waals surface area contributed by atoms with Crippen molar-refractivity contribution in [3.8, 4) is 0 Å². The standard InChI is InChI=1S/C7H12N2OSSi/c1-12(2,3)10-9-6-7-8-4-5-11-7/h4-6H,1-3H3. The van der Waals surface area contributed by atoms with Gasteiger partial charge in [-0.2, -0.15) is 0 Å². The molecule has 12 heavy (non-hydrogen) atoms. The summed E-state index contributed by atoms with van der Waals surface area (Å²) in [5.41, 5.74) is 0. The quantitative estimate of drug-likeness (QED) is 0.426. The lowest BCUT2D eigenvalue weighted by Gasteiger charge is -2.11. The van der Waals surface area contributed by atoms with Crippen molar-refractivity contribution >= 4 is 25.9 Å². The van der Waals surface area contributed by atoms with Crippen LogP contribution >= 0.6 is 11.3 Å². The van der Waals surface area contributed by atoms with Crippen LogP contribution in [0.3, 0.4) is 0 Å². The van der Waals surface area contributed by atoms with Crippen LogP contribution in [-0.4, -0.2) is 19.5 Å². The van der Waals surface area contributed by atoms with Crippen molar-refractivity contribution in [2.75, 3.05) is 0 Å². The Labute approximate surface area is 77.2 Å². The van der Waals surface area contributed by atoms with Crippen LogP contribution in [0.4, 0.5) is 0 Å². The van der Waals surface area contributed by atoms with Gasteiger partial charge in [0.2, 0.25) is 0 Å². The largest absolute Gasteiger partial charge is 0.456 e. The van der Waals surface area contributed by atoms with Crippen LogP contribution in [-0.2, 0) is 4.53 Å². The summed E-state index contributed by atoms with van der Waals surface area (Å²) in [5, 5.41) is 6.66. The smallest absolute Gasteiger partial charge is 0.278 e. The molecule has 1 aromatic rings. The highest BCUT2D eigenvalue weighted by Gasteiger charge is 2.15. The third-order valence-corrected chi connectivity index (χ3v) is 2.30. The molecule has 0 aliphatic carbocycles. The molecular weight excluding hydrogens is 188 g/mol. The highest BCUT2D eigenvalue weighted by Crippen LogP contribution is 2.04. The zero-order chi connectivity index (χ0) is 9.03. The first-order valence-corrected chi connectivity index (χ1v) is 7.98. The fourth-order valence-corrected chi connectivity index (χ4v) is 1.38. The van der Waals surface area contributed by atoms with E-state index in [4.69, 9.17) is 4.53 Å². The first-order chi connectivity index (χ1) is 5.58. The minimum atomic E-state index is -1.51. The van der Waals surface area contributed by atoms with Crippen molar-refractivity contribution in [2.24, 2.45) is 5.16 Å². The van der Waals surface area contributed by atoms with Crippen molar-refractivity contribution in [2.45, 2.75) is 19.6 Å². The molecule has 0 aliphatic heterocycles. The van der Waals surface area contributed by atoms with Crippen molar-refractivity contribution < 1.29 is 4.53 Å². The molecule has 1 aromatic heterocycles. The zero-order valence-electron chi connectivity index (χ0n) is 7.44. The normalized spacial score (nSPS) is 12.2. The van der Waals surface area contributed by atoms with Crippen LogP contribution in [0.25, 0.3) is 0 Å². The summed E-state index contributed by atoms with van der Waals surface area (Å²) >= 11 is 1.55. The maximum atomic E-state index is 5.28. The Bertz CT molecular complexity index is 253. The van der Waals surface area contributed by atoms with Crippen molar-refractivity contribution in [3.63, 3.8) is 0 Å². The van der Waals surface area contributed by atoms with E-state index in [1.807, 2.05) is 5.38 Å². The van der Waals surface area contributed by atoms with Crippen LogP contribution < -0.4 is 0 Å². The van der Waals surface area contributed by atoms with E-state index in [0.29, 0.717) is 0 Å². The Kier molecular flexibility index (Phi) is 2.99. The monoisotopic (exact) mass is 200 g/mol. The van der Waals surface area contributed by atoms with Gasteiger partial charge in [-0.25, -0.2) is 4.98 Å². The first kappa shape index (κ1) is 9.41. The Morgan fingerprint density at radius 3 is 2.83 bits per heavy atom. The van der Waals surface area contributed by atoms with E-state index in [9.17, 15) is 0 Å². The maximum absolute atomic E-state index is 5.28. The van der Waals surface area contributed by atoms with Crippen LogP contribution in [0, 0.1) is 0 Å². The van der Waals surface area contributed by atoms with Crippen LogP contribution in [0.15, 0.2) is 16.7 Å². The lowest BCUT2D eigenvalue weighted by atomic mass is 10.8. The second-order valence-corrected chi connectivity index (χ2v) is 8.64. The number of hydrogen-bond acceptors (Lipinski definition) is 4. The molecule has 0 atom stereocenters. The summed E-state index contributed by atoms with van der Waals surface area (Å²) in [5.74, 6) is 0. The number of aromatic nitrogens is 1. The molecule has 0 N–H and O–H groups in total. The van der Waals surface area contributed by atoms with Crippen LogP contribution in [0.2, 0.25) is 19.6 Å². The molecule has 0 fully saturated rings. The van der Waals surface area contributed by atoms with Crippen molar-refractivity contribution in [1.82, 2.24) is 4.98 Å². The van der Waals surface area contributed by atoms with E-state index in [1.165, 1.54) is 0 Å². The van der Waals surface area contributed by atoms with Crippen molar-refractivity contribution in [1.29, 1.82) is 0 Å². The van der Waals surface area contributed by atoms with E-state index < -0.39 is 8.32 Å². The average molecular weight is 200 g/mol. The summed E-state index contributed by atoms with van der Waals surface area (Å²) in [6, 6.07) is 0. The molecule has 0 radical (unpaired) electrons.